The summed E-state index contributed by atoms with van der Waals surface area (Å²) in [5.41, 5.74) is -1.27. The minimum atomic E-state index is -0.583. The summed E-state index contributed by atoms with van der Waals surface area (Å²) < 4.78 is 6.39. The molecular weight excluding hydrogens is 228 g/mol. The molecule has 0 aromatic rings. The van der Waals surface area contributed by atoms with Crippen molar-refractivity contribution in [2.45, 2.75) is 76.3 Å². The Morgan fingerprint density at radius 3 is 2.44 bits per heavy atom. The van der Waals surface area contributed by atoms with E-state index in [-0.39, 0.29) is 17.6 Å². The summed E-state index contributed by atoms with van der Waals surface area (Å²) >= 11 is 0. The SMILES string of the molecule is CC(C)C12CC3C(CCC3(C)O)C(C)(O1)C(O)C2. The molecule has 2 aliphatic heterocycles. The van der Waals surface area contributed by atoms with E-state index in [0.29, 0.717) is 11.8 Å². The van der Waals surface area contributed by atoms with Crippen molar-refractivity contribution >= 4 is 0 Å². The second kappa shape index (κ2) is 3.50. The Bertz CT molecular complexity index is 365. The molecule has 2 bridgehead atoms. The van der Waals surface area contributed by atoms with Gasteiger partial charge in [-0.3, -0.25) is 0 Å². The fourth-order valence-corrected chi connectivity index (χ4v) is 4.80. The molecule has 0 radical (unpaired) electrons. The third kappa shape index (κ3) is 1.41. The highest BCUT2D eigenvalue weighted by atomic mass is 16.6. The fraction of sp³-hybridized carbons (Fsp3) is 1.00. The summed E-state index contributed by atoms with van der Waals surface area (Å²) in [4.78, 5) is 0. The van der Waals surface area contributed by atoms with E-state index >= 15 is 0 Å². The van der Waals surface area contributed by atoms with Gasteiger partial charge in [-0.2, -0.15) is 0 Å². The Morgan fingerprint density at radius 1 is 1.17 bits per heavy atom. The molecule has 0 aromatic carbocycles. The fourth-order valence-electron chi connectivity index (χ4n) is 4.80. The first kappa shape index (κ1) is 12.9. The zero-order valence-electron chi connectivity index (χ0n) is 11.9. The van der Waals surface area contributed by atoms with Gasteiger partial charge in [0.2, 0.25) is 0 Å². The lowest BCUT2D eigenvalue weighted by atomic mass is 9.70. The molecule has 0 spiro atoms. The number of rotatable bonds is 1. The van der Waals surface area contributed by atoms with E-state index < -0.39 is 11.2 Å². The normalized spacial score (nSPS) is 59.2. The number of aliphatic hydroxyl groups is 2. The Hall–Kier alpha value is -0.120. The van der Waals surface area contributed by atoms with Crippen LogP contribution in [0, 0.1) is 17.8 Å². The van der Waals surface area contributed by atoms with Crippen molar-refractivity contribution in [3.05, 3.63) is 0 Å². The van der Waals surface area contributed by atoms with Crippen molar-refractivity contribution in [2.24, 2.45) is 17.8 Å². The van der Waals surface area contributed by atoms with Gasteiger partial charge in [-0.25, -0.2) is 0 Å². The Labute approximate surface area is 110 Å². The zero-order valence-corrected chi connectivity index (χ0v) is 11.9. The summed E-state index contributed by atoms with van der Waals surface area (Å²) in [6.07, 6.45) is 3.05. The molecule has 2 N–H and O–H groups in total. The van der Waals surface area contributed by atoms with Crippen molar-refractivity contribution in [2.75, 3.05) is 0 Å². The van der Waals surface area contributed by atoms with Gasteiger partial charge in [-0.05, 0) is 50.9 Å². The van der Waals surface area contributed by atoms with Crippen LogP contribution in [0.5, 0.6) is 0 Å². The van der Waals surface area contributed by atoms with Crippen LogP contribution < -0.4 is 0 Å². The van der Waals surface area contributed by atoms with Gasteiger partial charge in [-0.15, -0.1) is 0 Å². The van der Waals surface area contributed by atoms with Crippen molar-refractivity contribution in [1.29, 1.82) is 0 Å². The minimum Gasteiger partial charge on any atom is -0.390 e. The summed E-state index contributed by atoms with van der Waals surface area (Å²) in [5, 5.41) is 21.1. The molecule has 0 aromatic heterocycles. The summed E-state index contributed by atoms with van der Waals surface area (Å²) in [5.74, 6) is 0.957. The molecule has 3 heteroatoms. The molecule has 3 aliphatic rings. The Morgan fingerprint density at radius 2 is 1.83 bits per heavy atom. The molecule has 3 rings (SSSR count). The maximum absolute atomic E-state index is 10.6. The van der Waals surface area contributed by atoms with Crippen LogP contribution in [0.25, 0.3) is 0 Å². The molecule has 2 saturated heterocycles. The molecule has 6 unspecified atom stereocenters. The Kier molecular flexibility index (Phi) is 2.51. The molecule has 0 amide bonds. The second-order valence-corrected chi connectivity index (χ2v) is 7.54. The smallest absolute Gasteiger partial charge is 0.0952 e. The van der Waals surface area contributed by atoms with Gasteiger partial charge in [0.25, 0.3) is 0 Å². The van der Waals surface area contributed by atoms with Crippen LogP contribution in [-0.4, -0.2) is 33.1 Å². The van der Waals surface area contributed by atoms with Crippen LogP contribution in [-0.2, 0) is 4.74 Å². The van der Waals surface area contributed by atoms with E-state index in [1.54, 1.807) is 0 Å². The predicted octanol–water partition coefficient (Wildman–Crippen LogP) is 2.10. The number of hydrogen-bond acceptors (Lipinski definition) is 3. The van der Waals surface area contributed by atoms with Crippen LogP contribution in [0.15, 0.2) is 0 Å². The highest BCUT2D eigenvalue weighted by Gasteiger charge is 2.67. The predicted molar refractivity (Wildman–Crippen MR) is 69.1 cm³/mol. The molecule has 1 saturated carbocycles. The molecule has 3 nitrogen and oxygen atoms in total. The lowest BCUT2D eigenvalue weighted by Gasteiger charge is -2.50. The average molecular weight is 254 g/mol. The van der Waals surface area contributed by atoms with E-state index in [9.17, 15) is 10.2 Å². The van der Waals surface area contributed by atoms with Gasteiger partial charge in [-0.1, -0.05) is 13.8 Å². The molecule has 18 heavy (non-hydrogen) atoms. The molecule has 104 valence electrons. The van der Waals surface area contributed by atoms with Crippen LogP contribution in [0.3, 0.4) is 0 Å². The monoisotopic (exact) mass is 254 g/mol. The van der Waals surface area contributed by atoms with Crippen LogP contribution in [0.1, 0.15) is 53.4 Å². The highest BCUT2D eigenvalue weighted by molar-refractivity contribution is 5.16. The van der Waals surface area contributed by atoms with E-state index in [2.05, 4.69) is 20.8 Å². The number of aliphatic hydroxyl groups excluding tert-OH is 1. The zero-order chi connectivity index (χ0) is 13.3. The number of fused-ring (bicyclic) bond motifs is 4. The quantitative estimate of drug-likeness (QED) is 0.753. The van der Waals surface area contributed by atoms with Gasteiger partial charge in [0.05, 0.1) is 22.9 Å². The lowest BCUT2D eigenvalue weighted by molar-refractivity contribution is -0.220. The first-order valence-electron chi connectivity index (χ1n) is 7.32. The van der Waals surface area contributed by atoms with E-state index in [1.165, 1.54) is 0 Å². The van der Waals surface area contributed by atoms with E-state index in [4.69, 9.17) is 4.74 Å². The van der Waals surface area contributed by atoms with Crippen LogP contribution in [0.4, 0.5) is 0 Å². The lowest BCUT2D eigenvalue weighted by Crippen LogP contribution is -2.55. The van der Waals surface area contributed by atoms with Crippen LogP contribution in [0.2, 0.25) is 0 Å². The minimum absolute atomic E-state index is 0.232. The maximum Gasteiger partial charge on any atom is 0.0952 e. The second-order valence-electron chi connectivity index (χ2n) is 7.54. The largest absolute Gasteiger partial charge is 0.390 e. The van der Waals surface area contributed by atoms with Crippen LogP contribution >= 0.6 is 0 Å². The first-order valence-corrected chi connectivity index (χ1v) is 7.32. The standard InChI is InChI=1S/C15H26O3/c1-9(2)15-7-11-10(5-6-13(11,3)17)14(4,18-15)12(16)8-15/h9-12,16-17H,5-8H2,1-4H3. The summed E-state index contributed by atoms with van der Waals surface area (Å²) in [6.45, 7) is 8.36. The van der Waals surface area contributed by atoms with Gasteiger partial charge in [0.1, 0.15) is 0 Å². The van der Waals surface area contributed by atoms with Crippen molar-refractivity contribution in [3.63, 3.8) is 0 Å². The summed E-state index contributed by atoms with van der Waals surface area (Å²) in [6, 6.07) is 0. The van der Waals surface area contributed by atoms with Crippen molar-refractivity contribution in [1.82, 2.24) is 0 Å². The van der Waals surface area contributed by atoms with Gasteiger partial charge < -0.3 is 14.9 Å². The van der Waals surface area contributed by atoms with Gasteiger partial charge in [0, 0.05) is 6.42 Å². The number of hydrogen-bond donors (Lipinski definition) is 2. The van der Waals surface area contributed by atoms with Crippen molar-refractivity contribution < 1.29 is 14.9 Å². The van der Waals surface area contributed by atoms with Crippen molar-refractivity contribution in [3.8, 4) is 0 Å². The first-order chi connectivity index (χ1) is 8.21. The van der Waals surface area contributed by atoms with E-state index in [1.807, 2.05) is 6.92 Å². The van der Waals surface area contributed by atoms with Gasteiger partial charge in [0.15, 0.2) is 0 Å². The molecule has 1 aliphatic carbocycles. The average Bonchev–Trinajstić information content (AvgIpc) is 2.65. The van der Waals surface area contributed by atoms with E-state index in [0.717, 1.165) is 25.7 Å². The van der Waals surface area contributed by atoms with Gasteiger partial charge >= 0.3 is 0 Å². The molecule has 6 atom stereocenters. The number of ether oxygens (including phenoxy) is 1. The third-order valence-corrected chi connectivity index (χ3v) is 6.22. The third-order valence-electron chi connectivity index (χ3n) is 6.22. The summed E-state index contributed by atoms with van der Waals surface area (Å²) in [7, 11) is 0. The topological polar surface area (TPSA) is 49.7 Å². The Balaban J connectivity index is 2.03. The maximum atomic E-state index is 10.6. The molecule has 2 heterocycles. The molecular formula is C15H26O3. The highest BCUT2D eigenvalue weighted by Crippen LogP contribution is 2.62. The molecule has 3 fully saturated rings.